The number of benzene rings is 1. The van der Waals surface area contributed by atoms with E-state index in [1.807, 2.05) is 12.3 Å². The SMILES string of the molecule is CC(C)C[C@@H](Cn1cc(CC2(O)CCSC2)nn1)NC(=O)C12CCC(=O)N1c1cc(Cl)ccc1S2. The Labute approximate surface area is 218 Å². The van der Waals surface area contributed by atoms with E-state index in [2.05, 4.69) is 29.5 Å². The van der Waals surface area contributed by atoms with Crippen molar-refractivity contribution in [1.82, 2.24) is 20.3 Å². The number of hydrogen-bond acceptors (Lipinski definition) is 7. The molecule has 3 atom stereocenters. The highest BCUT2D eigenvalue weighted by molar-refractivity contribution is 8.02. The Morgan fingerprint density at radius 2 is 2.17 bits per heavy atom. The number of carbonyl (C=O) groups excluding carboxylic acids is 2. The first kappa shape index (κ1) is 24.9. The van der Waals surface area contributed by atoms with Crippen LogP contribution in [0.1, 0.15) is 45.2 Å². The van der Waals surface area contributed by atoms with Crippen molar-refractivity contribution >= 4 is 52.6 Å². The number of hydrogen-bond donors (Lipinski definition) is 2. The maximum absolute atomic E-state index is 13.8. The molecule has 0 radical (unpaired) electrons. The summed E-state index contributed by atoms with van der Waals surface area (Å²) in [6.45, 7) is 4.70. The number of nitrogens with zero attached hydrogens (tertiary/aromatic N) is 4. The van der Waals surface area contributed by atoms with Crippen LogP contribution in [0, 0.1) is 5.92 Å². The second-order valence-corrected chi connectivity index (χ2v) is 13.0. The Kier molecular flexibility index (Phi) is 6.84. The Bertz CT molecular complexity index is 1140. The van der Waals surface area contributed by atoms with Crippen molar-refractivity contribution in [3.05, 3.63) is 35.1 Å². The molecular formula is C24H30ClN5O3S2. The van der Waals surface area contributed by atoms with Crippen molar-refractivity contribution in [3.8, 4) is 0 Å². The van der Waals surface area contributed by atoms with Crippen molar-refractivity contribution < 1.29 is 14.7 Å². The molecule has 3 aliphatic heterocycles. The summed E-state index contributed by atoms with van der Waals surface area (Å²) in [6.07, 6.45) is 4.65. The standard InChI is InChI=1S/C24H30ClN5O3S2/c1-15(2)9-17(12-29-13-18(27-28-29)11-23(33)7-8-34-14-23)26-22(32)24-6-5-21(31)30(24)19-10-16(25)3-4-20(19)35-24/h3-4,10,13,15,17,33H,5-9,11-12,14H2,1-2H3,(H,26,32)/t17-,23?,24?/m0/s1. The number of amides is 2. The monoisotopic (exact) mass is 535 g/mol. The molecule has 3 aliphatic rings. The van der Waals surface area contributed by atoms with Gasteiger partial charge in [0.25, 0.3) is 5.91 Å². The van der Waals surface area contributed by atoms with Gasteiger partial charge in [-0.15, -0.1) is 5.10 Å². The number of carbonyl (C=O) groups is 2. The van der Waals surface area contributed by atoms with Gasteiger partial charge in [0.15, 0.2) is 4.87 Å². The number of thioether (sulfide) groups is 2. The zero-order valence-corrected chi connectivity index (χ0v) is 22.3. The van der Waals surface area contributed by atoms with Crippen LogP contribution in [0.15, 0.2) is 29.3 Å². The Hall–Kier alpha value is -1.75. The Morgan fingerprint density at radius 1 is 1.34 bits per heavy atom. The molecule has 4 heterocycles. The van der Waals surface area contributed by atoms with E-state index in [9.17, 15) is 14.7 Å². The van der Waals surface area contributed by atoms with E-state index in [0.717, 1.165) is 29.2 Å². The predicted octanol–water partition coefficient (Wildman–Crippen LogP) is 3.50. The van der Waals surface area contributed by atoms with Crippen LogP contribution in [0.3, 0.4) is 0 Å². The molecule has 2 unspecified atom stereocenters. The number of aliphatic hydroxyl groups is 1. The number of aromatic nitrogens is 3. The second kappa shape index (κ2) is 9.61. The molecule has 5 rings (SSSR count). The Morgan fingerprint density at radius 3 is 2.91 bits per heavy atom. The smallest absolute Gasteiger partial charge is 0.257 e. The third-order valence-corrected chi connectivity index (χ3v) is 9.71. The molecular weight excluding hydrogens is 506 g/mol. The summed E-state index contributed by atoms with van der Waals surface area (Å²) in [7, 11) is 0. The number of rotatable bonds is 8. The lowest BCUT2D eigenvalue weighted by atomic mass is 9.98. The molecule has 11 heteroatoms. The summed E-state index contributed by atoms with van der Waals surface area (Å²) in [4.78, 5) is 28.1. The average Bonchev–Trinajstić information content (AvgIpc) is 3.54. The highest BCUT2D eigenvalue weighted by atomic mass is 35.5. The van der Waals surface area contributed by atoms with E-state index in [1.54, 1.807) is 33.5 Å². The highest BCUT2D eigenvalue weighted by Crippen LogP contribution is 2.56. The maximum atomic E-state index is 13.8. The van der Waals surface area contributed by atoms with Crippen molar-refractivity contribution in [3.63, 3.8) is 0 Å². The van der Waals surface area contributed by atoms with Crippen molar-refractivity contribution in [2.45, 2.75) is 73.9 Å². The fourth-order valence-corrected chi connectivity index (χ4v) is 8.04. The zero-order valence-electron chi connectivity index (χ0n) is 19.9. The molecule has 2 amide bonds. The lowest BCUT2D eigenvalue weighted by Crippen LogP contribution is -2.55. The first-order chi connectivity index (χ1) is 16.7. The highest BCUT2D eigenvalue weighted by Gasteiger charge is 2.57. The summed E-state index contributed by atoms with van der Waals surface area (Å²) in [5.74, 6) is 1.81. The van der Waals surface area contributed by atoms with Gasteiger partial charge in [0.2, 0.25) is 5.91 Å². The zero-order chi connectivity index (χ0) is 24.8. The number of anilines is 1. The molecule has 8 nitrogen and oxygen atoms in total. The second-order valence-electron chi connectivity index (χ2n) is 10.2. The largest absolute Gasteiger partial charge is 0.389 e. The molecule has 0 spiro atoms. The fourth-order valence-electron chi connectivity index (χ4n) is 5.18. The fraction of sp³-hybridized carbons (Fsp3) is 0.583. The van der Waals surface area contributed by atoms with Crippen LogP contribution in [-0.2, 0) is 22.6 Å². The molecule has 35 heavy (non-hydrogen) atoms. The minimum absolute atomic E-state index is 0.0574. The maximum Gasteiger partial charge on any atom is 0.257 e. The normalized spacial score (nSPS) is 26.3. The quantitative estimate of drug-likeness (QED) is 0.533. The van der Waals surface area contributed by atoms with Crippen LogP contribution in [0.25, 0.3) is 0 Å². The van der Waals surface area contributed by atoms with E-state index in [-0.39, 0.29) is 17.9 Å². The van der Waals surface area contributed by atoms with Gasteiger partial charge in [-0.25, -0.2) is 0 Å². The van der Waals surface area contributed by atoms with E-state index < -0.39 is 10.5 Å². The molecule has 1 aromatic carbocycles. The molecule has 2 fully saturated rings. The number of halogens is 1. The van der Waals surface area contributed by atoms with Crippen LogP contribution >= 0.6 is 35.1 Å². The summed E-state index contributed by atoms with van der Waals surface area (Å²) in [5.41, 5.74) is 0.755. The van der Waals surface area contributed by atoms with E-state index >= 15 is 0 Å². The van der Waals surface area contributed by atoms with Gasteiger partial charge in [-0.05, 0) is 49.1 Å². The molecule has 0 bridgehead atoms. The van der Waals surface area contributed by atoms with Gasteiger partial charge in [0.05, 0.1) is 23.5 Å². The van der Waals surface area contributed by atoms with Crippen molar-refractivity contribution in [2.75, 3.05) is 16.4 Å². The third-order valence-electron chi connectivity index (χ3n) is 6.76. The Balaban J connectivity index is 1.32. The summed E-state index contributed by atoms with van der Waals surface area (Å²) in [6, 6.07) is 5.25. The van der Waals surface area contributed by atoms with Crippen LogP contribution in [-0.4, -0.2) is 59.9 Å². The van der Waals surface area contributed by atoms with E-state index in [1.165, 1.54) is 11.8 Å². The molecule has 188 valence electrons. The summed E-state index contributed by atoms with van der Waals surface area (Å²) < 4.78 is 1.75. The van der Waals surface area contributed by atoms with Crippen LogP contribution in [0.4, 0.5) is 5.69 Å². The van der Waals surface area contributed by atoms with Gasteiger partial charge in [0.1, 0.15) is 0 Å². The van der Waals surface area contributed by atoms with Crippen LogP contribution in [0.2, 0.25) is 5.02 Å². The van der Waals surface area contributed by atoms with Gasteiger partial charge in [-0.2, -0.15) is 11.8 Å². The van der Waals surface area contributed by atoms with Gasteiger partial charge in [0, 0.05) is 40.8 Å². The summed E-state index contributed by atoms with van der Waals surface area (Å²) in [5, 5.41) is 23.0. The van der Waals surface area contributed by atoms with Crippen molar-refractivity contribution in [2.24, 2.45) is 5.92 Å². The number of nitrogens with one attached hydrogen (secondary N) is 1. The molecule has 0 saturated carbocycles. The minimum atomic E-state index is -0.990. The van der Waals surface area contributed by atoms with E-state index in [0.29, 0.717) is 48.2 Å². The van der Waals surface area contributed by atoms with E-state index in [4.69, 9.17) is 11.6 Å². The first-order valence-corrected chi connectivity index (χ1v) is 14.3. The van der Waals surface area contributed by atoms with Crippen LogP contribution < -0.4 is 10.2 Å². The van der Waals surface area contributed by atoms with Crippen LogP contribution in [0.5, 0.6) is 0 Å². The van der Waals surface area contributed by atoms with Gasteiger partial charge in [-0.3, -0.25) is 19.2 Å². The lowest BCUT2D eigenvalue weighted by molar-refractivity contribution is -0.125. The van der Waals surface area contributed by atoms with Gasteiger partial charge >= 0.3 is 0 Å². The molecule has 2 saturated heterocycles. The molecule has 0 aliphatic carbocycles. The van der Waals surface area contributed by atoms with Gasteiger partial charge in [-0.1, -0.05) is 42.4 Å². The molecule has 2 aromatic rings. The summed E-state index contributed by atoms with van der Waals surface area (Å²) >= 11 is 9.39. The van der Waals surface area contributed by atoms with Gasteiger partial charge < -0.3 is 10.4 Å². The third kappa shape index (κ3) is 4.95. The first-order valence-electron chi connectivity index (χ1n) is 12.0. The average molecular weight is 536 g/mol. The predicted molar refractivity (Wildman–Crippen MR) is 139 cm³/mol. The molecule has 1 aromatic heterocycles. The molecule has 2 N–H and O–H groups in total. The minimum Gasteiger partial charge on any atom is -0.389 e. The topological polar surface area (TPSA) is 100 Å². The van der Waals surface area contributed by atoms with Crippen molar-refractivity contribution in [1.29, 1.82) is 0 Å². The lowest BCUT2D eigenvalue weighted by Gasteiger charge is -2.32. The number of fused-ring (bicyclic) bond motifs is 3.